The minimum Gasteiger partial charge on any atom is -0.459 e. The molecule has 7 heteroatoms. The summed E-state index contributed by atoms with van der Waals surface area (Å²) in [7, 11) is 0. The molecular weight excluding hydrogens is 394 g/mol. The van der Waals surface area contributed by atoms with E-state index in [1.807, 2.05) is 34.1 Å². The highest BCUT2D eigenvalue weighted by Crippen LogP contribution is 2.33. The van der Waals surface area contributed by atoms with Gasteiger partial charge < -0.3 is 19.1 Å². The third-order valence-electron chi connectivity index (χ3n) is 6.83. The van der Waals surface area contributed by atoms with Crippen molar-refractivity contribution in [1.82, 2.24) is 9.80 Å². The van der Waals surface area contributed by atoms with Crippen LogP contribution in [0.15, 0.2) is 47.1 Å². The molecule has 0 N–H and O–H groups in total. The second kappa shape index (κ2) is 8.21. The Hall–Kier alpha value is -3.09. The number of carbonyl (C=O) groups excluding carboxylic acids is 3. The fourth-order valence-corrected chi connectivity index (χ4v) is 5.29. The zero-order valence-electron chi connectivity index (χ0n) is 17.5. The minimum absolute atomic E-state index is 0.0222. The molecule has 3 aliphatic heterocycles. The van der Waals surface area contributed by atoms with Gasteiger partial charge in [0.2, 0.25) is 5.91 Å². The van der Waals surface area contributed by atoms with Crippen LogP contribution in [-0.4, -0.2) is 59.7 Å². The summed E-state index contributed by atoms with van der Waals surface area (Å²) in [4.78, 5) is 43.8. The zero-order chi connectivity index (χ0) is 21.4. The second-order valence-corrected chi connectivity index (χ2v) is 8.68. The summed E-state index contributed by atoms with van der Waals surface area (Å²) < 4.78 is 5.28. The van der Waals surface area contributed by atoms with E-state index in [1.54, 1.807) is 17.0 Å². The number of hydrogen-bond acceptors (Lipinski definition) is 4. The molecule has 2 aromatic rings. The number of furan rings is 1. The lowest BCUT2D eigenvalue weighted by Crippen LogP contribution is -2.56. The van der Waals surface area contributed by atoms with Crippen LogP contribution in [0, 0.1) is 5.92 Å². The highest BCUT2D eigenvalue weighted by atomic mass is 16.3. The molecule has 3 fully saturated rings. The molecule has 0 spiro atoms. The molecule has 162 valence electrons. The van der Waals surface area contributed by atoms with Crippen molar-refractivity contribution in [3.63, 3.8) is 0 Å². The van der Waals surface area contributed by atoms with Gasteiger partial charge in [0.15, 0.2) is 5.76 Å². The Morgan fingerprint density at radius 2 is 1.87 bits per heavy atom. The lowest BCUT2D eigenvalue weighted by atomic mass is 9.83. The summed E-state index contributed by atoms with van der Waals surface area (Å²) in [5, 5.41) is 0. The first-order chi connectivity index (χ1) is 15.1. The van der Waals surface area contributed by atoms with Crippen molar-refractivity contribution < 1.29 is 18.8 Å². The number of anilines is 1. The molecule has 0 unspecified atom stereocenters. The first kappa shape index (κ1) is 19.8. The summed E-state index contributed by atoms with van der Waals surface area (Å²) in [6.07, 6.45) is 5.66. The molecular formula is C24H27N3O4. The molecule has 0 saturated carbocycles. The van der Waals surface area contributed by atoms with Gasteiger partial charge in [-0.3, -0.25) is 14.4 Å². The van der Waals surface area contributed by atoms with Gasteiger partial charge in [-0.05, 0) is 61.9 Å². The normalized spacial score (nSPS) is 23.7. The highest BCUT2D eigenvalue weighted by Gasteiger charge is 2.40. The molecule has 3 saturated heterocycles. The van der Waals surface area contributed by atoms with Crippen molar-refractivity contribution in [2.45, 2.75) is 38.1 Å². The van der Waals surface area contributed by atoms with E-state index in [4.69, 9.17) is 4.42 Å². The third-order valence-corrected chi connectivity index (χ3v) is 6.83. The van der Waals surface area contributed by atoms with Gasteiger partial charge in [0.05, 0.1) is 6.26 Å². The number of fused-ring (bicyclic) bond motifs is 1. The van der Waals surface area contributed by atoms with Crippen molar-refractivity contribution in [3.8, 4) is 0 Å². The van der Waals surface area contributed by atoms with Crippen LogP contribution in [0.3, 0.4) is 0 Å². The van der Waals surface area contributed by atoms with E-state index in [2.05, 4.69) is 0 Å². The number of rotatable bonds is 3. The van der Waals surface area contributed by atoms with Crippen LogP contribution in [0.25, 0.3) is 0 Å². The molecule has 0 radical (unpaired) electrons. The van der Waals surface area contributed by atoms with E-state index in [-0.39, 0.29) is 29.7 Å². The largest absolute Gasteiger partial charge is 0.459 e. The van der Waals surface area contributed by atoms with Crippen LogP contribution < -0.4 is 4.90 Å². The van der Waals surface area contributed by atoms with Gasteiger partial charge in [0.25, 0.3) is 11.8 Å². The molecule has 31 heavy (non-hydrogen) atoms. The Kier molecular flexibility index (Phi) is 5.26. The fourth-order valence-electron chi connectivity index (χ4n) is 5.29. The van der Waals surface area contributed by atoms with Gasteiger partial charge in [-0.1, -0.05) is 6.07 Å². The number of likely N-dealkylation sites (tertiary alicyclic amines) is 2. The van der Waals surface area contributed by atoms with Gasteiger partial charge in [0.1, 0.15) is 0 Å². The van der Waals surface area contributed by atoms with E-state index in [9.17, 15) is 14.4 Å². The average molecular weight is 421 g/mol. The van der Waals surface area contributed by atoms with Crippen molar-refractivity contribution in [2.75, 3.05) is 31.1 Å². The van der Waals surface area contributed by atoms with Crippen molar-refractivity contribution in [1.29, 1.82) is 0 Å². The summed E-state index contributed by atoms with van der Waals surface area (Å²) in [6.45, 7) is 2.71. The fraction of sp³-hybridized carbons (Fsp3) is 0.458. The van der Waals surface area contributed by atoms with Crippen LogP contribution in [0.4, 0.5) is 5.69 Å². The van der Waals surface area contributed by atoms with Gasteiger partial charge in [-0.15, -0.1) is 0 Å². The maximum absolute atomic E-state index is 13.4. The summed E-state index contributed by atoms with van der Waals surface area (Å²) in [5.74, 6) is 0.712. The van der Waals surface area contributed by atoms with E-state index in [1.165, 1.54) is 6.26 Å². The Morgan fingerprint density at radius 3 is 2.65 bits per heavy atom. The topological polar surface area (TPSA) is 74.1 Å². The highest BCUT2D eigenvalue weighted by molar-refractivity contribution is 5.99. The number of hydrogen-bond donors (Lipinski definition) is 0. The lowest BCUT2D eigenvalue weighted by Gasteiger charge is -2.47. The molecule has 2 atom stereocenters. The zero-order valence-corrected chi connectivity index (χ0v) is 17.5. The molecule has 0 bridgehead atoms. The summed E-state index contributed by atoms with van der Waals surface area (Å²) in [5.41, 5.74) is 1.44. The summed E-state index contributed by atoms with van der Waals surface area (Å²) >= 11 is 0. The predicted octanol–water partition coefficient (Wildman–Crippen LogP) is 3.17. The Balaban J connectivity index is 1.31. The number of nitrogens with zero attached hydrogens (tertiary/aromatic N) is 3. The SMILES string of the molecule is O=C(c1ccco1)N1CC[C@H]2[C@H](CCCN2C(=O)c2cccc(N3CCCC3=O)c2)C1. The number of amides is 3. The van der Waals surface area contributed by atoms with E-state index in [0.29, 0.717) is 37.4 Å². The average Bonchev–Trinajstić information content (AvgIpc) is 3.49. The van der Waals surface area contributed by atoms with Crippen LogP contribution in [-0.2, 0) is 4.79 Å². The molecule has 0 aliphatic carbocycles. The van der Waals surface area contributed by atoms with E-state index < -0.39 is 0 Å². The maximum Gasteiger partial charge on any atom is 0.289 e. The first-order valence-corrected chi connectivity index (χ1v) is 11.2. The van der Waals surface area contributed by atoms with Gasteiger partial charge in [-0.25, -0.2) is 0 Å². The third kappa shape index (κ3) is 3.73. The molecule has 3 aliphatic rings. The smallest absolute Gasteiger partial charge is 0.289 e. The van der Waals surface area contributed by atoms with Crippen LogP contribution in [0.5, 0.6) is 0 Å². The van der Waals surface area contributed by atoms with Gasteiger partial charge >= 0.3 is 0 Å². The second-order valence-electron chi connectivity index (χ2n) is 8.68. The number of carbonyl (C=O) groups is 3. The van der Waals surface area contributed by atoms with E-state index >= 15 is 0 Å². The van der Waals surface area contributed by atoms with Gasteiger partial charge in [0, 0.05) is 49.9 Å². The van der Waals surface area contributed by atoms with Crippen molar-refractivity contribution in [3.05, 3.63) is 54.0 Å². The Labute approximate surface area is 181 Å². The van der Waals surface area contributed by atoms with E-state index in [0.717, 1.165) is 37.9 Å². The molecule has 1 aromatic carbocycles. The monoisotopic (exact) mass is 421 g/mol. The molecule has 7 nitrogen and oxygen atoms in total. The van der Waals surface area contributed by atoms with Crippen LogP contribution in [0.2, 0.25) is 0 Å². The van der Waals surface area contributed by atoms with Crippen molar-refractivity contribution in [2.24, 2.45) is 5.92 Å². The standard InChI is InChI=1S/C24H27N3O4/c28-22-9-3-11-26(22)19-7-1-5-17(15-19)23(29)27-12-2-6-18-16-25(13-10-20(18)27)24(30)21-8-4-14-31-21/h1,4-5,7-8,14-15,18,20H,2-3,6,9-13,16H2/t18-,20+/m1/s1. The van der Waals surface area contributed by atoms with Gasteiger partial charge in [-0.2, -0.15) is 0 Å². The van der Waals surface area contributed by atoms with Crippen LogP contribution in [0.1, 0.15) is 53.0 Å². The predicted molar refractivity (Wildman–Crippen MR) is 115 cm³/mol. The molecule has 4 heterocycles. The molecule has 3 amide bonds. The molecule has 1 aromatic heterocycles. The minimum atomic E-state index is -0.0742. The molecule has 5 rings (SSSR count). The first-order valence-electron chi connectivity index (χ1n) is 11.2. The number of benzene rings is 1. The summed E-state index contributed by atoms with van der Waals surface area (Å²) in [6, 6.07) is 11.0. The number of piperidine rings is 2. The Morgan fingerprint density at radius 1 is 0.968 bits per heavy atom. The maximum atomic E-state index is 13.4. The lowest BCUT2D eigenvalue weighted by molar-refractivity contribution is -0.117. The van der Waals surface area contributed by atoms with Crippen molar-refractivity contribution >= 4 is 23.4 Å². The van der Waals surface area contributed by atoms with Crippen LogP contribution >= 0.6 is 0 Å². The Bertz CT molecular complexity index is 986. The quantitative estimate of drug-likeness (QED) is 0.763.